The molecule has 0 amide bonds. The Balaban J connectivity index is 2.06. The van der Waals surface area contributed by atoms with E-state index < -0.39 is 15.6 Å². The van der Waals surface area contributed by atoms with Crippen LogP contribution in [-0.2, 0) is 10.0 Å². The van der Waals surface area contributed by atoms with Gasteiger partial charge in [0.15, 0.2) is 24.0 Å². The zero-order valence-corrected chi connectivity index (χ0v) is 24.4. The Labute approximate surface area is 243 Å². The monoisotopic (exact) mass is 600 g/mol. The quantitative estimate of drug-likeness (QED) is 0.204. The number of hydrogen-bond acceptors (Lipinski definition) is 9. The number of anilines is 1. The molecule has 0 fully saturated rings. The van der Waals surface area contributed by atoms with Crippen LogP contribution in [0.4, 0.5) is 5.82 Å². The van der Waals surface area contributed by atoms with Crippen molar-refractivity contribution >= 4 is 27.4 Å². The number of aliphatic hydroxyl groups excluding tert-OH is 1. The second kappa shape index (κ2) is 12.2. The molecule has 41 heavy (non-hydrogen) atoms. The first-order valence-corrected chi connectivity index (χ1v) is 14.2. The van der Waals surface area contributed by atoms with Crippen LogP contribution in [0.3, 0.4) is 0 Å². The number of nitrogens with zero attached hydrogens (tertiary/aromatic N) is 4. The number of aromatic nitrogens is 3. The Hall–Kier alpha value is -4.13. The van der Waals surface area contributed by atoms with Gasteiger partial charge in [0.1, 0.15) is 18.1 Å². The van der Waals surface area contributed by atoms with Gasteiger partial charge in [-0.3, -0.25) is 0 Å². The first kappa shape index (κ1) is 29.8. The van der Waals surface area contributed by atoms with Crippen LogP contribution in [0, 0.1) is 5.21 Å². The molecule has 0 aliphatic heterocycles. The number of aliphatic hydroxyl groups is 1. The van der Waals surface area contributed by atoms with E-state index in [9.17, 15) is 18.7 Å². The molecule has 1 N–H and O–H groups in total. The van der Waals surface area contributed by atoms with Crippen LogP contribution in [-0.4, -0.2) is 49.4 Å². The standard InChI is InChI=1S/C28H29ClN4O7S/c1-28(2,3)33(41(36,37)21-8-6-5-7-9-21)26-24(40-23-18-20(38-4)10-11-22(23)29)27(39-17-16-34)31-25(30-26)19-12-14-32(35)15-13-19/h5-15,18,34H,16-17H2,1-4H3. The van der Waals surface area contributed by atoms with E-state index in [1.807, 2.05) is 0 Å². The van der Waals surface area contributed by atoms with Crippen molar-refractivity contribution in [3.05, 3.63) is 83.3 Å². The lowest BCUT2D eigenvalue weighted by molar-refractivity contribution is -0.605. The van der Waals surface area contributed by atoms with Crippen molar-refractivity contribution in [2.45, 2.75) is 31.2 Å². The van der Waals surface area contributed by atoms with E-state index >= 15 is 0 Å². The highest BCUT2D eigenvalue weighted by Gasteiger charge is 2.39. The largest absolute Gasteiger partial charge is 0.619 e. The molecule has 0 spiro atoms. The number of pyridine rings is 1. The van der Waals surface area contributed by atoms with Crippen LogP contribution in [0.15, 0.2) is 78.0 Å². The van der Waals surface area contributed by atoms with E-state index in [4.69, 9.17) is 25.8 Å². The molecule has 2 aromatic heterocycles. The zero-order valence-electron chi connectivity index (χ0n) is 22.8. The van der Waals surface area contributed by atoms with Crippen molar-refractivity contribution in [1.82, 2.24) is 9.97 Å². The molecular formula is C28H29ClN4O7S. The summed E-state index contributed by atoms with van der Waals surface area (Å²) in [5, 5.41) is 21.4. The lowest BCUT2D eigenvalue weighted by atomic mass is 10.1. The summed E-state index contributed by atoms with van der Waals surface area (Å²) in [6.45, 7) is 4.56. The smallest absolute Gasteiger partial charge is 0.266 e. The van der Waals surface area contributed by atoms with Crippen LogP contribution in [0.2, 0.25) is 5.02 Å². The Morgan fingerprint density at radius 3 is 2.34 bits per heavy atom. The van der Waals surface area contributed by atoms with Gasteiger partial charge >= 0.3 is 0 Å². The van der Waals surface area contributed by atoms with E-state index in [1.165, 1.54) is 49.8 Å². The molecule has 2 heterocycles. The summed E-state index contributed by atoms with van der Waals surface area (Å²) >= 11 is 6.44. The van der Waals surface area contributed by atoms with Crippen molar-refractivity contribution in [3.63, 3.8) is 0 Å². The molecule has 216 valence electrons. The average molecular weight is 601 g/mol. The molecule has 0 unspecified atom stereocenters. The van der Waals surface area contributed by atoms with Gasteiger partial charge in [-0.05, 0) is 45.0 Å². The third-order valence-electron chi connectivity index (χ3n) is 5.64. The van der Waals surface area contributed by atoms with Crippen molar-refractivity contribution in [1.29, 1.82) is 0 Å². The second-order valence-corrected chi connectivity index (χ2v) is 11.9. The molecular weight excluding hydrogens is 572 g/mol. The van der Waals surface area contributed by atoms with Gasteiger partial charge in [-0.25, -0.2) is 17.7 Å². The third kappa shape index (κ3) is 6.62. The number of ether oxygens (including phenoxy) is 3. The van der Waals surface area contributed by atoms with Crippen LogP contribution >= 0.6 is 11.6 Å². The summed E-state index contributed by atoms with van der Waals surface area (Å²) in [7, 11) is -2.77. The average Bonchev–Trinajstić information content (AvgIpc) is 2.94. The number of halogens is 1. The lowest BCUT2D eigenvalue weighted by Crippen LogP contribution is -2.46. The molecule has 0 atom stereocenters. The van der Waals surface area contributed by atoms with E-state index in [0.717, 1.165) is 4.31 Å². The molecule has 4 rings (SSSR count). The summed E-state index contributed by atoms with van der Waals surface area (Å²) in [6.07, 6.45) is 2.52. The molecule has 13 heteroatoms. The van der Waals surface area contributed by atoms with Gasteiger partial charge in [0.2, 0.25) is 5.75 Å². The van der Waals surface area contributed by atoms with Crippen LogP contribution in [0.1, 0.15) is 20.8 Å². The number of sulfonamides is 1. The Morgan fingerprint density at radius 1 is 1.05 bits per heavy atom. The summed E-state index contributed by atoms with van der Waals surface area (Å²) in [6, 6.07) is 15.6. The van der Waals surface area contributed by atoms with Gasteiger partial charge in [0, 0.05) is 29.3 Å². The topological polar surface area (TPSA) is 138 Å². The Morgan fingerprint density at radius 2 is 1.73 bits per heavy atom. The van der Waals surface area contributed by atoms with Crippen molar-refractivity contribution in [2.24, 2.45) is 0 Å². The van der Waals surface area contributed by atoms with Crippen molar-refractivity contribution < 1.29 is 32.5 Å². The fourth-order valence-corrected chi connectivity index (χ4v) is 5.81. The van der Waals surface area contributed by atoms with Crippen LogP contribution in [0.25, 0.3) is 11.4 Å². The molecule has 0 saturated carbocycles. The number of benzene rings is 2. The Kier molecular flexibility index (Phi) is 8.86. The van der Waals surface area contributed by atoms with Gasteiger partial charge in [-0.15, -0.1) is 0 Å². The third-order valence-corrected chi connectivity index (χ3v) is 8.02. The highest BCUT2D eigenvalue weighted by molar-refractivity contribution is 7.92. The Bertz CT molecular complexity index is 1610. The van der Waals surface area contributed by atoms with E-state index in [1.54, 1.807) is 51.1 Å². The van der Waals surface area contributed by atoms with Crippen LogP contribution in [0.5, 0.6) is 23.1 Å². The summed E-state index contributed by atoms with van der Waals surface area (Å²) in [5.41, 5.74) is -0.677. The minimum atomic E-state index is -4.25. The highest BCUT2D eigenvalue weighted by Crippen LogP contribution is 2.46. The minimum absolute atomic E-state index is 0.0189. The molecule has 0 saturated heterocycles. The predicted octanol–water partition coefficient (Wildman–Crippen LogP) is 4.60. The fourth-order valence-electron chi connectivity index (χ4n) is 3.87. The van der Waals surface area contributed by atoms with Gasteiger partial charge in [0.05, 0.1) is 23.6 Å². The number of hydrogen-bond donors (Lipinski definition) is 1. The maximum Gasteiger partial charge on any atom is 0.266 e. The molecule has 0 aliphatic rings. The van der Waals surface area contributed by atoms with Gasteiger partial charge in [-0.1, -0.05) is 29.8 Å². The summed E-state index contributed by atoms with van der Waals surface area (Å²) in [5.74, 6) is 0.125. The number of methoxy groups -OCH3 is 1. The van der Waals surface area contributed by atoms with Crippen molar-refractivity contribution in [2.75, 3.05) is 24.6 Å². The van der Waals surface area contributed by atoms with Gasteiger partial charge in [0.25, 0.3) is 15.9 Å². The molecule has 2 aromatic carbocycles. The molecule has 11 nitrogen and oxygen atoms in total. The number of rotatable bonds is 10. The van der Waals surface area contributed by atoms with Gasteiger partial charge < -0.3 is 24.5 Å². The summed E-state index contributed by atoms with van der Waals surface area (Å²) in [4.78, 5) is 9.15. The first-order chi connectivity index (χ1) is 19.5. The van der Waals surface area contributed by atoms with Crippen molar-refractivity contribution in [3.8, 4) is 34.5 Å². The first-order valence-electron chi connectivity index (χ1n) is 12.4. The minimum Gasteiger partial charge on any atom is -0.619 e. The molecule has 4 aromatic rings. The molecule has 0 bridgehead atoms. The fraction of sp³-hybridized carbons (Fsp3) is 0.250. The van der Waals surface area contributed by atoms with E-state index in [-0.39, 0.29) is 52.2 Å². The maximum atomic E-state index is 14.2. The SMILES string of the molecule is COc1ccc(Cl)c(Oc2c(OCCO)nc(-c3cc[n+]([O-])cc3)nc2N(C(C)(C)C)S(=O)(=O)c2ccccc2)c1. The lowest BCUT2D eigenvalue weighted by Gasteiger charge is -2.36. The zero-order chi connectivity index (χ0) is 29.8. The van der Waals surface area contributed by atoms with Crippen LogP contribution < -0.4 is 23.2 Å². The van der Waals surface area contributed by atoms with E-state index in [0.29, 0.717) is 16.0 Å². The van der Waals surface area contributed by atoms with Gasteiger partial charge in [-0.2, -0.15) is 9.71 Å². The normalized spacial score (nSPS) is 11.7. The predicted molar refractivity (Wildman–Crippen MR) is 153 cm³/mol. The maximum absolute atomic E-state index is 14.2. The summed E-state index contributed by atoms with van der Waals surface area (Å²) < 4.78 is 47.4. The molecule has 0 radical (unpaired) electrons. The second-order valence-electron chi connectivity index (χ2n) is 9.68. The highest BCUT2D eigenvalue weighted by atomic mass is 35.5. The molecule has 0 aliphatic carbocycles. The van der Waals surface area contributed by atoms with E-state index in [2.05, 4.69) is 9.97 Å².